The van der Waals surface area contributed by atoms with Crippen LogP contribution in [-0.2, 0) is 11.8 Å². The summed E-state index contributed by atoms with van der Waals surface area (Å²) in [5, 5.41) is 3.28. The number of nitrogens with one attached hydrogen (secondary N) is 1. The first-order valence-corrected chi connectivity index (χ1v) is 9.81. The number of alkyl halides is 1. The molecule has 7 heteroatoms. The molecule has 28 heavy (non-hydrogen) atoms. The van der Waals surface area contributed by atoms with Crippen LogP contribution in [0.15, 0.2) is 42.6 Å². The van der Waals surface area contributed by atoms with Crippen LogP contribution in [0.1, 0.15) is 41.7 Å². The van der Waals surface area contributed by atoms with Crippen molar-refractivity contribution in [2.75, 3.05) is 13.1 Å². The maximum atomic E-state index is 14.0. The molecule has 1 aromatic heterocycles. The number of hydrogen-bond donors (Lipinski definition) is 1. The van der Waals surface area contributed by atoms with Crippen molar-refractivity contribution in [3.8, 4) is 0 Å². The van der Waals surface area contributed by atoms with Gasteiger partial charge in [0.2, 0.25) is 5.91 Å². The highest BCUT2D eigenvalue weighted by Gasteiger charge is 2.35. The van der Waals surface area contributed by atoms with E-state index in [-0.39, 0.29) is 43.3 Å². The first kappa shape index (κ1) is 20.4. The number of benzene rings is 1. The van der Waals surface area contributed by atoms with Crippen molar-refractivity contribution in [1.82, 2.24) is 14.8 Å². The second kappa shape index (κ2) is 8.78. The number of aromatic nitrogens is 1. The van der Waals surface area contributed by atoms with Crippen LogP contribution in [0.25, 0.3) is 0 Å². The van der Waals surface area contributed by atoms with Gasteiger partial charge in [-0.2, -0.15) is 0 Å². The zero-order valence-corrected chi connectivity index (χ0v) is 16.8. The maximum Gasteiger partial charge on any atom is 0.268 e. The largest absolute Gasteiger partial charge is 0.349 e. The molecule has 0 radical (unpaired) electrons. The second-order valence-electron chi connectivity index (χ2n) is 7.41. The van der Waals surface area contributed by atoms with E-state index < -0.39 is 6.17 Å². The van der Waals surface area contributed by atoms with Gasteiger partial charge in [0.05, 0.1) is 17.6 Å². The van der Waals surface area contributed by atoms with Gasteiger partial charge in [0.1, 0.15) is 11.9 Å². The van der Waals surface area contributed by atoms with Crippen molar-refractivity contribution in [3.05, 3.63) is 58.9 Å². The monoisotopic (exact) mass is 405 g/mol. The molecule has 1 aliphatic heterocycles. The lowest BCUT2D eigenvalue weighted by Gasteiger charge is -2.26. The summed E-state index contributed by atoms with van der Waals surface area (Å²) in [6, 6.07) is 11.0. The molecular weight excluding hydrogens is 381 g/mol. The quantitative estimate of drug-likeness (QED) is 0.799. The van der Waals surface area contributed by atoms with Gasteiger partial charge >= 0.3 is 0 Å². The molecule has 3 rings (SSSR count). The lowest BCUT2D eigenvalue weighted by Crippen LogP contribution is -2.43. The summed E-state index contributed by atoms with van der Waals surface area (Å²) in [4.78, 5) is 26.7. The SMILES string of the molecule is CC(CC(=O)N1C[C@@H](F)C[C@H]1CNC(=O)c1cc(Cl)cn1C)c1ccccc1. The van der Waals surface area contributed by atoms with Gasteiger partial charge in [-0.05, 0) is 17.5 Å². The Balaban J connectivity index is 1.60. The summed E-state index contributed by atoms with van der Waals surface area (Å²) in [5.41, 5.74) is 1.51. The van der Waals surface area contributed by atoms with Crippen molar-refractivity contribution in [3.63, 3.8) is 0 Å². The van der Waals surface area contributed by atoms with Gasteiger partial charge in [-0.3, -0.25) is 9.59 Å². The average molecular weight is 406 g/mol. The standard InChI is InChI=1S/C21H25ClFN3O2/c1-14(15-6-4-3-5-7-15)8-20(27)26-13-17(23)10-18(26)11-24-21(28)19-9-16(22)12-25(19)2/h3-7,9,12,14,17-18H,8,10-11,13H2,1-2H3,(H,24,28)/t14?,17-,18-/m0/s1. The third kappa shape index (κ3) is 4.73. The van der Waals surface area contributed by atoms with Crippen molar-refractivity contribution >= 4 is 23.4 Å². The fraction of sp³-hybridized carbons (Fsp3) is 0.429. The molecule has 3 atom stereocenters. The third-order valence-corrected chi connectivity index (χ3v) is 5.44. The van der Waals surface area contributed by atoms with E-state index in [1.165, 1.54) is 0 Å². The fourth-order valence-electron chi connectivity index (χ4n) is 3.69. The molecule has 2 amide bonds. The molecule has 0 spiro atoms. The van der Waals surface area contributed by atoms with Gasteiger partial charge in [0.25, 0.3) is 5.91 Å². The second-order valence-corrected chi connectivity index (χ2v) is 7.85. The fourth-order valence-corrected chi connectivity index (χ4v) is 3.94. The van der Waals surface area contributed by atoms with Crippen LogP contribution < -0.4 is 5.32 Å². The number of amides is 2. The summed E-state index contributed by atoms with van der Waals surface area (Å²) >= 11 is 5.92. The van der Waals surface area contributed by atoms with Crippen molar-refractivity contribution < 1.29 is 14.0 Å². The molecule has 1 aliphatic rings. The average Bonchev–Trinajstić information content (AvgIpc) is 3.21. The van der Waals surface area contributed by atoms with Gasteiger partial charge < -0.3 is 14.8 Å². The molecule has 5 nitrogen and oxygen atoms in total. The Bertz CT molecular complexity index is 839. The highest BCUT2D eigenvalue weighted by Crippen LogP contribution is 2.25. The Morgan fingerprint density at radius 2 is 2.04 bits per heavy atom. The van der Waals surface area contributed by atoms with Crippen LogP contribution in [0, 0.1) is 0 Å². The highest BCUT2D eigenvalue weighted by molar-refractivity contribution is 6.31. The molecule has 2 aromatic rings. The van der Waals surface area contributed by atoms with E-state index in [9.17, 15) is 14.0 Å². The Hall–Kier alpha value is -2.34. The van der Waals surface area contributed by atoms with Gasteiger partial charge in [-0.1, -0.05) is 48.9 Å². The molecule has 2 heterocycles. The highest BCUT2D eigenvalue weighted by atomic mass is 35.5. The molecule has 0 saturated carbocycles. The molecule has 1 saturated heterocycles. The first-order chi connectivity index (χ1) is 13.3. The molecule has 1 fully saturated rings. The summed E-state index contributed by atoms with van der Waals surface area (Å²) in [5.74, 6) is -0.326. The summed E-state index contributed by atoms with van der Waals surface area (Å²) < 4.78 is 15.7. The number of aryl methyl sites for hydroxylation is 1. The number of nitrogens with zero attached hydrogens (tertiary/aromatic N) is 2. The van der Waals surface area contributed by atoms with E-state index >= 15 is 0 Å². The van der Waals surface area contributed by atoms with Crippen LogP contribution in [0.3, 0.4) is 0 Å². The zero-order valence-electron chi connectivity index (χ0n) is 16.1. The molecule has 0 aliphatic carbocycles. The predicted octanol–water partition coefficient (Wildman–Crippen LogP) is 3.54. The number of rotatable bonds is 6. The van der Waals surface area contributed by atoms with Crippen molar-refractivity contribution in [1.29, 1.82) is 0 Å². The Kier molecular flexibility index (Phi) is 6.39. The number of carbonyl (C=O) groups is 2. The summed E-state index contributed by atoms with van der Waals surface area (Å²) in [6.45, 7) is 2.29. The number of likely N-dealkylation sites (tertiary alicyclic amines) is 1. The molecule has 150 valence electrons. The Morgan fingerprint density at radius 1 is 1.32 bits per heavy atom. The number of halogens is 2. The first-order valence-electron chi connectivity index (χ1n) is 9.43. The van der Waals surface area contributed by atoms with Crippen LogP contribution in [0.2, 0.25) is 5.02 Å². The number of hydrogen-bond acceptors (Lipinski definition) is 2. The van der Waals surface area contributed by atoms with Gasteiger partial charge in [0, 0.05) is 32.6 Å². The van der Waals surface area contributed by atoms with E-state index in [1.807, 2.05) is 37.3 Å². The van der Waals surface area contributed by atoms with Gasteiger partial charge in [0.15, 0.2) is 0 Å². The molecule has 1 unspecified atom stereocenters. The van der Waals surface area contributed by atoms with E-state index in [4.69, 9.17) is 11.6 Å². The predicted molar refractivity (Wildman–Crippen MR) is 107 cm³/mol. The lowest BCUT2D eigenvalue weighted by atomic mass is 9.97. The molecule has 1 N–H and O–H groups in total. The minimum absolute atomic E-state index is 0.0492. The smallest absolute Gasteiger partial charge is 0.268 e. The topological polar surface area (TPSA) is 54.3 Å². The normalized spacial score (nSPS) is 20.2. The van der Waals surface area contributed by atoms with Crippen LogP contribution in [0.4, 0.5) is 4.39 Å². The summed E-state index contributed by atoms with van der Waals surface area (Å²) in [7, 11) is 1.73. The third-order valence-electron chi connectivity index (χ3n) is 5.24. The van der Waals surface area contributed by atoms with E-state index in [0.717, 1.165) is 5.56 Å². The molecular formula is C21H25ClFN3O2. The number of carbonyl (C=O) groups excluding carboxylic acids is 2. The van der Waals surface area contributed by atoms with Crippen LogP contribution >= 0.6 is 11.6 Å². The molecule has 0 bridgehead atoms. The van der Waals surface area contributed by atoms with Gasteiger partial charge in [-0.15, -0.1) is 0 Å². The van der Waals surface area contributed by atoms with Crippen LogP contribution in [0.5, 0.6) is 0 Å². The van der Waals surface area contributed by atoms with Crippen LogP contribution in [-0.4, -0.2) is 46.6 Å². The van der Waals surface area contributed by atoms with Crippen molar-refractivity contribution in [2.45, 2.75) is 37.9 Å². The Morgan fingerprint density at radius 3 is 2.68 bits per heavy atom. The summed E-state index contributed by atoms with van der Waals surface area (Å²) in [6.07, 6.45) is 1.13. The van der Waals surface area contributed by atoms with E-state index in [2.05, 4.69) is 5.32 Å². The minimum Gasteiger partial charge on any atom is -0.349 e. The van der Waals surface area contributed by atoms with E-state index in [1.54, 1.807) is 28.8 Å². The lowest BCUT2D eigenvalue weighted by molar-refractivity contribution is -0.132. The van der Waals surface area contributed by atoms with Crippen molar-refractivity contribution in [2.24, 2.45) is 7.05 Å². The zero-order chi connectivity index (χ0) is 20.3. The maximum absolute atomic E-state index is 14.0. The van der Waals surface area contributed by atoms with Gasteiger partial charge in [-0.25, -0.2) is 4.39 Å². The Labute approximate surface area is 169 Å². The van der Waals surface area contributed by atoms with E-state index in [0.29, 0.717) is 17.1 Å². The molecule has 1 aromatic carbocycles. The minimum atomic E-state index is -1.07.